The van der Waals surface area contributed by atoms with Gasteiger partial charge >= 0.3 is 5.97 Å². The molecule has 2 heterocycles. The number of nitro groups is 1. The maximum absolute atomic E-state index is 11.6. The van der Waals surface area contributed by atoms with Gasteiger partial charge in [0, 0.05) is 6.07 Å². The summed E-state index contributed by atoms with van der Waals surface area (Å²) in [5.74, 6) is 0.196. The molecule has 0 radical (unpaired) electrons. The lowest BCUT2D eigenvalue weighted by Crippen LogP contribution is -2.01. The van der Waals surface area contributed by atoms with Gasteiger partial charge in [0.15, 0.2) is 0 Å². The molecule has 1 aliphatic rings. The van der Waals surface area contributed by atoms with E-state index in [4.69, 9.17) is 4.42 Å². The van der Waals surface area contributed by atoms with Crippen molar-refractivity contribution in [1.82, 2.24) is 0 Å². The van der Waals surface area contributed by atoms with E-state index in [1.807, 2.05) is 13.8 Å². The fourth-order valence-corrected chi connectivity index (χ4v) is 2.39. The molecule has 0 saturated carbocycles. The predicted molar refractivity (Wildman–Crippen MR) is 87.5 cm³/mol. The first-order valence-corrected chi connectivity index (χ1v) is 7.20. The van der Waals surface area contributed by atoms with Crippen molar-refractivity contribution in [1.29, 1.82) is 0 Å². The predicted octanol–water partition coefficient (Wildman–Crippen LogP) is 3.79. The van der Waals surface area contributed by atoms with Crippen LogP contribution in [0, 0.1) is 24.0 Å². The van der Waals surface area contributed by atoms with Gasteiger partial charge in [-0.1, -0.05) is 5.16 Å². The zero-order valence-corrected chi connectivity index (χ0v) is 13.3. The van der Waals surface area contributed by atoms with E-state index in [2.05, 4.69) is 9.99 Å². The average Bonchev–Trinajstić information content (AvgIpc) is 3.11. The first-order chi connectivity index (χ1) is 11.4. The number of nitro benzene ring substituents is 1. The molecule has 0 spiro atoms. The molecular formula is C17H14N2O5. The number of furan rings is 1. The van der Waals surface area contributed by atoms with Gasteiger partial charge in [-0.15, -0.1) is 0 Å². The van der Waals surface area contributed by atoms with E-state index in [0.29, 0.717) is 28.4 Å². The van der Waals surface area contributed by atoms with Gasteiger partial charge in [0.2, 0.25) is 0 Å². The largest absolute Gasteiger partial charge is 0.456 e. The molecule has 7 nitrogen and oxygen atoms in total. The Bertz CT molecular complexity index is 921. The summed E-state index contributed by atoms with van der Waals surface area (Å²) in [5.41, 5.74) is 2.88. The molecule has 0 amide bonds. The smallest absolute Gasteiger partial charge is 0.367 e. The summed E-state index contributed by atoms with van der Waals surface area (Å²) in [6, 6.07) is 6.52. The number of carbonyl (C=O) groups is 1. The highest BCUT2D eigenvalue weighted by Crippen LogP contribution is 2.34. The Morgan fingerprint density at radius 2 is 1.88 bits per heavy atom. The lowest BCUT2D eigenvalue weighted by Gasteiger charge is -2.04. The van der Waals surface area contributed by atoms with E-state index in [1.54, 1.807) is 25.1 Å². The topological polar surface area (TPSA) is 94.9 Å². The molecule has 24 heavy (non-hydrogen) atoms. The van der Waals surface area contributed by atoms with Crippen LogP contribution in [0.2, 0.25) is 0 Å². The number of carbonyl (C=O) groups excluding carboxylic acids is 1. The summed E-state index contributed by atoms with van der Waals surface area (Å²) < 4.78 is 5.67. The van der Waals surface area contributed by atoms with Crippen LogP contribution in [0.3, 0.4) is 0 Å². The third kappa shape index (κ3) is 2.71. The zero-order valence-electron chi connectivity index (χ0n) is 13.3. The van der Waals surface area contributed by atoms with Crippen molar-refractivity contribution in [3.05, 3.63) is 56.8 Å². The van der Waals surface area contributed by atoms with Crippen LogP contribution in [0.5, 0.6) is 0 Å². The first kappa shape index (κ1) is 15.7. The van der Waals surface area contributed by atoms with E-state index >= 15 is 0 Å². The van der Waals surface area contributed by atoms with Crippen LogP contribution in [0.15, 0.2) is 39.4 Å². The van der Waals surface area contributed by atoms with Crippen molar-refractivity contribution in [3.8, 4) is 11.3 Å². The molecule has 0 bridgehead atoms. The maximum atomic E-state index is 11.6. The molecule has 0 N–H and O–H groups in total. The van der Waals surface area contributed by atoms with Gasteiger partial charge in [-0.25, -0.2) is 4.79 Å². The van der Waals surface area contributed by atoms with Crippen molar-refractivity contribution >= 4 is 23.4 Å². The van der Waals surface area contributed by atoms with Crippen LogP contribution in [0.25, 0.3) is 17.4 Å². The quantitative estimate of drug-likeness (QED) is 0.370. The summed E-state index contributed by atoms with van der Waals surface area (Å²) in [7, 11) is 0. The molecular weight excluding hydrogens is 312 g/mol. The number of aryl methyl sites for hydroxylation is 2. The van der Waals surface area contributed by atoms with Gasteiger partial charge in [-0.3, -0.25) is 10.1 Å². The number of hydrogen-bond acceptors (Lipinski definition) is 6. The highest BCUT2D eigenvalue weighted by atomic mass is 16.7. The van der Waals surface area contributed by atoms with Gasteiger partial charge in [-0.05, 0) is 56.2 Å². The van der Waals surface area contributed by atoms with Gasteiger partial charge in [0.05, 0.1) is 21.8 Å². The van der Waals surface area contributed by atoms with Crippen molar-refractivity contribution in [2.75, 3.05) is 0 Å². The normalized spacial score (nSPS) is 15.5. The van der Waals surface area contributed by atoms with Crippen LogP contribution in [-0.4, -0.2) is 16.6 Å². The fraction of sp³-hybridized carbons (Fsp3) is 0.176. The molecule has 3 rings (SSSR count). The second-order valence-electron chi connectivity index (χ2n) is 5.53. The first-order valence-electron chi connectivity index (χ1n) is 7.20. The summed E-state index contributed by atoms with van der Waals surface area (Å²) >= 11 is 0. The van der Waals surface area contributed by atoms with E-state index in [9.17, 15) is 14.9 Å². The highest BCUT2D eigenvalue weighted by Gasteiger charge is 2.23. The Labute approximate surface area is 137 Å². The average molecular weight is 326 g/mol. The number of hydrogen-bond donors (Lipinski definition) is 0. The molecule has 7 heteroatoms. The van der Waals surface area contributed by atoms with Crippen molar-refractivity contribution in [2.45, 2.75) is 20.8 Å². The van der Waals surface area contributed by atoms with E-state index in [0.717, 1.165) is 11.1 Å². The molecule has 0 aliphatic carbocycles. The van der Waals surface area contributed by atoms with Gasteiger partial charge in [0.25, 0.3) is 5.69 Å². The van der Waals surface area contributed by atoms with Crippen molar-refractivity contribution in [2.24, 2.45) is 5.16 Å². The lowest BCUT2D eigenvalue weighted by molar-refractivity contribution is -0.384. The van der Waals surface area contributed by atoms with Gasteiger partial charge in [-0.2, -0.15) is 0 Å². The lowest BCUT2D eigenvalue weighted by atomic mass is 10.0. The molecule has 1 aromatic carbocycles. The second-order valence-corrected chi connectivity index (χ2v) is 5.53. The van der Waals surface area contributed by atoms with Crippen LogP contribution >= 0.6 is 0 Å². The summed E-state index contributed by atoms with van der Waals surface area (Å²) in [6.07, 6.45) is 1.50. The third-order valence-corrected chi connectivity index (χ3v) is 3.86. The number of rotatable bonds is 3. The van der Waals surface area contributed by atoms with Crippen LogP contribution in [0.4, 0.5) is 5.69 Å². The molecule has 1 aliphatic heterocycles. The summed E-state index contributed by atoms with van der Waals surface area (Å²) in [6.45, 7) is 5.34. The monoisotopic (exact) mass is 326 g/mol. The Balaban J connectivity index is 2.05. The van der Waals surface area contributed by atoms with Crippen molar-refractivity contribution in [3.63, 3.8) is 0 Å². The number of benzene rings is 1. The number of oxime groups is 1. The standard InChI is InChI=1S/C17H14N2O5/c1-9-6-14(15(19(21)22)7-10(9)2)16-5-4-12(23-16)8-13-11(3)18-24-17(13)20/h4-8H,1-3H3. The van der Waals surface area contributed by atoms with E-state index < -0.39 is 10.9 Å². The number of nitrogens with zero attached hydrogens (tertiary/aromatic N) is 2. The second kappa shape index (κ2) is 5.77. The minimum Gasteiger partial charge on any atom is -0.456 e. The molecule has 1 aromatic heterocycles. The molecule has 0 fully saturated rings. The Morgan fingerprint density at radius 1 is 1.17 bits per heavy atom. The van der Waals surface area contributed by atoms with E-state index in [1.165, 1.54) is 12.1 Å². The molecule has 0 unspecified atom stereocenters. The summed E-state index contributed by atoms with van der Waals surface area (Å²) in [5, 5.41) is 14.9. The Morgan fingerprint density at radius 3 is 2.50 bits per heavy atom. The van der Waals surface area contributed by atoms with E-state index in [-0.39, 0.29) is 5.69 Å². The maximum Gasteiger partial charge on any atom is 0.367 e. The van der Waals surface area contributed by atoms with Crippen LogP contribution in [-0.2, 0) is 9.63 Å². The van der Waals surface area contributed by atoms with Gasteiger partial charge in [0.1, 0.15) is 11.5 Å². The highest BCUT2D eigenvalue weighted by molar-refractivity contribution is 6.24. The summed E-state index contributed by atoms with van der Waals surface area (Å²) in [4.78, 5) is 27.0. The van der Waals surface area contributed by atoms with Crippen LogP contribution in [0.1, 0.15) is 23.8 Å². The molecule has 2 aromatic rings. The minimum atomic E-state index is -0.553. The Hall–Kier alpha value is -3.22. The zero-order chi connectivity index (χ0) is 17.4. The molecule has 0 atom stereocenters. The molecule has 0 saturated heterocycles. The fourth-order valence-electron chi connectivity index (χ4n) is 2.39. The van der Waals surface area contributed by atoms with Crippen molar-refractivity contribution < 1.29 is 19.0 Å². The third-order valence-electron chi connectivity index (χ3n) is 3.86. The minimum absolute atomic E-state index is 0.0235. The Kier molecular flexibility index (Phi) is 3.76. The van der Waals surface area contributed by atoms with Gasteiger partial charge < -0.3 is 9.25 Å². The SMILES string of the molecule is CC1=NOC(=O)C1=Cc1ccc(-c2cc(C)c(C)cc2[N+](=O)[O-])o1. The van der Waals surface area contributed by atoms with Crippen LogP contribution < -0.4 is 0 Å². The molecule has 122 valence electrons.